The van der Waals surface area contributed by atoms with E-state index in [1.54, 1.807) is 20.3 Å². The van der Waals surface area contributed by atoms with Crippen LogP contribution in [0.1, 0.15) is 62.0 Å². The third-order valence-corrected chi connectivity index (χ3v) is 8.74. The highest BCUT2D eigenvalue weighted by Crippen LogP contribution is 2.46. The molecule has 5 aromatic rings. The van der Waals surface area contributed by atoms with E-state index in [-0.39, 0.29) is 11.5 Å². The fourth-order valence-electron chi connectivity index (χ4n) is 6.16. The maximum absolute atomic E-state index is 13.2. The van der Waals surface area contributed by atoms with Gasteiger partial charge in [0.05, 0.1) is 36.3 Å². The zero-order chi connectivity index (χ0) is 30.3. The molecule has 2 heterocycles. The first-order valence-electron chi connectivity index (χ1n) is 15.0. The average molecular weight is 578 g/mol. The molecule has 1 aliphatic rings. The highest BCUT2D eigenvalue weighted by Gasteiger charge is 2.39. The van der Waals surface area contributed by atoms with Crippen molar-refractivity contribution in [3.05, 3.63) is 77.4 Å². The molecule has 1 unspecified atom stereocenters. The predicted octanol–water partition coefficient (Wildman–Crippen LogP) is 7.65. The molecule has 1 atom stereocenters. The smallest absolute Gasteiger partial charge is 0.251 e. The van der Waals surface area contributed by atoms with Gasteiger partial charge in [-0.05, 0) is 62.9 Å². The Morgan fingerprint density at radius 1 is 0.977 bits per heavy atom. The van der Waals surface area contributed by atoms with Crippen molar-refractivity contribution in [2.45, 2.75) is 59.1 Å². The molecule has 0 saturated heterocycles. The highest BCUT2D eigenvalue weighted by molar-refractivity contribution is 6.11. The molecule has 7 nitrogen and oxygen atoms in total. The molecule has 4 aromatic carbocycles. The number of nitrogens with one attached hydrogen (secondary N) is 1. The van der Waals surface area contributed by atoms with Crippen LogP contribution in [0.25, 0.3) is 32.8 Å². The van der Waals surface area contributed by atoms with Gasteiger partial charge in [0.2, 0.25) is 0 Å². The van der Waals surface area contributed by atoms with Crippen molar-refractivity contribution < 1.29 is 19.0 Å². The molecule has 222 valence electrons. The summed E-state index contributed by atoms with van der Waals surface area (Å²) in [6, 6.07) is 19.3. The minimum absolute atomic E-state index is 0.194. The zero-order valence-corrected chi connectivity index (χ0v) is 25.8. The van der Waals surface area contributed by atoms with Crippen molar-refractivity contribution in [2.24, 2.45) is 11.8 Å². The van der Waals surface area contributed by atoms with E-state index in [4.69, 9.17) is 24.2 Å². The lowest BCUT2D eigenvalue weighted by atomic mass is 9.77. The van der Waals surface area contributed by atoms with Gasteiger partial charge in [0.25, 0.3) is 5.91 Å². The summed E-state index contributed by atoms with van der Waals surface area (Å²) in [4.78, 5) is 23.5. The van der Waals surface area contributed by atoms with Gasteiger partial charge >= 0.3 is 0 Å². The molecule has 0 spiro atoms. The number of methoxy groups -OCH3 is 2. The molecule has 0 bridgehead atoms. The van der Waals surface area contributed by atoms with Crippen LogP contribution in [0, 0.1) is 11.8 Å². The van der Waals surface area contributed by atoms with E-state index in [9.17, 15) is 4.79 Å². The summed E-state index contributed by atoms with van der Waals surface area (Å²) < 4.78 is 17.6. The monoisotopic (exact) mass is 577 g/mol. The molecule has 0 saturated carbocycles. The number of ether oxygens (including phenoxy) is 3. The Morgan fingerprint density at radius 3 is 2.49 bits per heavy atom. The number of hydrogen-bond donors (Lipinski definition) is 1. The van der Waals surface area contributed by atoms with E-state index in [1.807, 2.05) is 42.5 Å². The molecule has 1 aromatic heterocycles. The molecule has 7 heteroatoms. The third-order valence-electron chi connectivity index (χ3n) is 8.74. The lowest BCUT2D eigenvalue weighted by Crippen LogP contribution is -2.42. The van der Waals surface area contributed by atoms with Gasteiger partial charge in [0.1, 0.15) is 22.8 Å². The van der Waals surface area contributed by atoms with Crippen molar-refractivity contribution in [1.82, 2.24) is 15.3 Å². The highest BCUT2D eigenvalue weighted by atomic mass is 16.5. The van der Waals surface area contributed by atoms with E-state index in [1.165, 1.54) is 0 Å². The number of benzene rings is 4. The minimum Gasteiger partial charge on any atom is -0.497 e. The first-order valence-corrected chi connectivity index (χ1v) is 15.0. The summed E-state index contributed by atoms with van der Waals surface area (Å²) in [6.07, 6.45) is 3.15. The first kappa shape index (κ1) is 28.7. The Morgan fingerprint density at radius 2 is 1.74 bits per heavy atom. The largest absolute Gasteiger partial charge is 0.497 e. The summed E-state index contributed by atoms with van der Waals surface area (Å²) in [5, 5.41) is 5.06. The lowest BCUT2D eigenvalue weighted by molar-refractivity contribution is 0.0226. The van der Waals surface area contributed by atoms with Crippen LogP contribution in [0.5, 0.6) is 17.2 Å². The van der Waals surface area contributed by atoms with Crippen LogP contribution in [0.2, 0.25) is 0 Å². The maximum atomic E-state index is 13.2. The van der Waals surface area contributed by atoms with Gasteiger partial charge < -0.3 is 19.5 Å². The minimum atomic E-state index is -0.277. The zero-order valence-electron chi connectivity index (χ0n) is 25.8. The number of rotatable bonds is 8. The number of carbonyl (C=O) groups is 1. The van der Waals surface area contributed by atoms with Gasteiger partial charge in [0, 0.05) is 46.0 Å². The molecule has 43 heavy (non-hydrogen) atoms. The second kappa shape index (κ2) is 11.4. The molecule has 1 aliphatic heterocycles. The molecular formula is C36H39N3O4. The van der Waals surface area contributed by atoms with Crippen LogP contribution < -0.4 is 19.5 Å². The molecule has 0 radical (unpaired) electrons. The number of carbonyl (C=O) groups excluding carboxylic acids is 1. The van der Waals surface area contributed by atoms with E-state index in [2.05, 4.69) is 45.1 Å². The Bertz CT molecular complexity index is 1850. The van der Waals surface area contributed by atoms with Crippen LogP contribution in [-0.4, -0.2) is 35.7 Å². The fourth-order valence-corrected chi connectivity index (χ4v) is 6.16. The van der Waals surface area contributed by atoms with E-state index in [0.29, 0.717) is 41.0 Å². The quantitative estimate of drug-likeness (QED) is 0.151. The summed E-state index contributed by atoms with van der Waals surface area (Å²) in [5.41, 5.74) is 5.39. The Balaban J connectivity index is 1.38. The van der Waals surface area contributed by atoms with Crippen LogP contribution in [0.4, 0.5) is 0 Å². The van der Waals surface area contributed by atoms with Gasteiger partial charge in [-0.2, -0.15) is 0 Å². The number of hydrogen-bond acceptors (Lipinski definition) is 6. The van der Waals surface area contributed by atoms with Gasteiger partial charge in [-0.15, -0.1) is 0 Å². The first-order chi connectivity index (χ1) is 20.7. The van der Waals surface area contributed by atoms with Gasteiger partial charge in [-0.25, -0.2) is 9.97 Å². The summed E-state index contributed by atoms with van der Waals surface area (Å²) >= 11 is 0. The fraction of sp³-hybridized carbons (Fsp3) is 0.361. The van der Waals surface area contributed by atoms with Crippen LogP contribution in [0.15, 0.2) is 60.7 Å². The third kappa shape index (κ3) is 5.44. The number of fused-ring (bicyclic) bond motifs is 7. The summed E-state index contributed by atoms with van der Waals surface area (Å²) in [5.74, 6) is 3.10. The van der Waals surface area contributed by atoms with Crippen LogP contribution >= 0.6 is 0 Å². The van der Waals surface area contributed by atoms with Crippen LogP contribution in [-0.2, 0) is 13.0 Å². The predicted molar refractivity (Wildman–Crippen MR) is 171 cm³/mol. The van der Waals surface area contributed by atoms with E-state index >= 15 is 0 Å². The topological polar surface area (TPSA) is 82.6 Å². The Kier molecular flexibility index (Phi) is 7.59. The number of amides is 1. The number of nitrogens with zero attached hydrogens (tertiary/aromatic N) is 2. The van der Waals surface area contributed by atoms with E-state index in [0.717, 1.165) is 63.5 Å². The van der Waals surface area contributed by atoms with Crippen molar-refractivity contribution >= 4 is 38.7 Å². The van der Waals surface area contributed by atoms with Crippen molar-refractivity contribution in [1.29, 1.82) is 0 Å². The van der Waals surface area contributed by atoms with Crippen LogP contribution in [0.3, 0.4) is 0 Å². The van der Waals surface area contributed by atoms with Crippen molar-refractivity contribution in [2.75, 3.05) is 14.2 Å². The number of aromatic nitrogens is 2. The van der Waals surface area contributed by atoms with Crippen molar-refractivity contribution in [3.63, 3.8) is 0 Å². The summed E-state index contributed by atoms with van der Waals surface area (Å²) in [7, 11) is 3.21. The maximum Gasteiger partial charge on any atom is 0.251 e. The normalized spacial score (nSPS) is 15.8. The SMILES string of the molecule is COc1ccc(CNC(=O)c2ccc3nc4c5c(c6ccccc6c4nc3c2)OC(C)(C)C(CCC(C)C)C5)c(OC)c1. The van der Waals surface area contributed by atoms with E-state index < -0.39 is 0 Å². The van der Waals surface area contributed by atoms with Gasteiger partial charge in [0.15, 0.2) is 0 Å². The molecule has 0 aliphatic carbocycles. The molecular weight excluding hydrogens is 538 g/mol. The molecule has 1 amide bonds. The Labute approximate surface area is 252 Å². The average Bonchev–Trinajstić information content (AvgIpc) is 3.01. The molecule has 0 fully saturated rings. The summed E-state index contributed by atoms with van der Waals surface area (Å²) in [6.45, 7) is 9.29. The lowest BCUT2D eigenvalue weighted by Gasteiger charge is -2.41. The second-order valence-electron chi connectivity index (χ2n) is 12.4. The van der Waals surface area contributed by atoms with Gasteiger partial charge in [-0.1, -0.05) is 44.5 Å². The standard InChI is InChI=1S/C36H39N3O4/c1-21(2)11-14-24-18-28-33-32(26-9-7-8-10-27(26)34(28)43-36(24,3)4)39-30-17-22(13-16-29(30)38-33)35(40)37-20-23-12-15-25(41-5)19-31(23)42-6/h7-10,12-13,15-17,19,21,24H,11,14,18,20H2,1-6H3,(H,37,40). The van der Waals surface area contributed by atoms with Gasteiger partial charge in [-0.3, -0.25) is 4.79 Å². The Hall–Kier alpha value is -4.39. The second-order valence-corrected chi connectivity index (χ2v) is 12.4. The molecule has 1 N–H and O–H groups in total. The molecule has 6 rings (SSSR count). The van der Waals surface area contributed by atoms with Crippen molar-refractivity contribution in [3.8, 4) is 17.2 Å².